The first kappa shape index (κ1) is 15.4. The van der Waals surface area contributed by atoms with Crippen LogP contribution in [0.2, 0.25) is 0 Å². The molecule has 0 aliphatic carbocycles. The zero-order valence-corrected chi connectivity index (χ0v) is 9.66. The Bertz CT molecular complexity index is 260. The molecule has 9 heteroatoms. The van der Waals surface area contributed by atoms with Crippen LogP contribution >= 0.6 is 22.5 Å². The molecule has 94 valence electrons. The van der Waals surface area contributed by atoms with Crippen molar-refractivity contribution in [3.8, 4) is 0 Å². The molecule has 0 aliphatic heterocycles. The number of carbonyl (C=O) groups excluding carboxylic acids is 1. The Morgan fingerprint density at radius 1 is 1.44 bits per heavy atom. The van der Waals surface area contributed by atoms with E-state index in [0.29, 0.717) is 12.2 Å². The van der Waals surface area contributed by atoms with Crippen LogP contribution in [-0.4, -0.2) is 35.0 Å². The summed E-state index contributed by atoms with van der Waals surface area (Å²) < 4.78 is 35.5. The van der Waals surface area contributed by atoms with Crippen molar-refractivity contribution in [3.05, 3.63) is 0 Å². The minimum absolute atomic E-state index is 0.0648. The summed E-state index contributed by atoms with van der Waals surface area (Å²) in [5.74, 6) is -3.23. The summed E-state index contributed by atoms with van der Waals surface area (Å²) in [4.78, 5) is 21.0. The third-order valence-electron chi connectivity index (χ3n) is 1.59. The first-order valence-corrected chi connectivity index (χ1v) is 6.19. The summed E-state index contributed by atoms with van der Waals surface area (Å²) >= 11 is 3.79. The second-order valence-electron chi connectivity index (χ2n) is 2.84. The van der Waals surface area contributed by atoms with Gasteiger partial charge in [0.25, 0.3) is 0 Å². The summed E-state index contributed by atoms with van der Waals surface area (Å²) in [6.07, 6.45) is -4.78. The molecule has 0 aromatic rings. The molecule has 0 aromatic carbocycles. The number of hydrogen-bond acceptors (Lipinski definition) is 4. The van der Waals surface area contributed by atoms with E-state index in [2.05, 4.69) is 11.7 Å². The van der Waals surface area contributed by atoms with Gasteiger partial charge in [-0.25, -0.2) is 4.79 Å². The molecule has 0 saturated heterocycles. The Morgan fingerprint density at radius 2 is 2.00 bits per heavy atom. The Labute approximate surface area is 98.8 Å². The van der Waals surface area contributed by atoms with Gasteiger partial charge in [0.1, 0.15) is 6.04 Å². The van der Waals surface area contributed by atoms with E-state index in [0.717, 1.165) is 10.8 Å². The molecule has 0 heterocycles. The summed E-state index contributed by atoms with van der Waals surface area (Å²) in [5, 5.41) is 10.00. The standard InChI is InChI=1S/C7H10F3NO3S2/c8-7(9,10)6(14)11-4(5(12)13)2-1-3-16-15/h4,15H,1-3H2,(H,11,14)(H,12,13)/t4-/m0/s1. The number of hydrogen-bond donors (Lipinski definition) is 3. The summed E-state index contributed by atoms with van der Waals surface area (Å²) in [6.45, 7) is 0. The van der Waals surface area contributed by atoms with Gasteiger partial charge in [-0.3, -0.25) is 4.79 Å². The molecule has 16 heavy (non-hydrogen) atoms. The Morgan fingerprint density at radius 3 is 2.38 bits per heavy atom. The largest absolute Gasteiger partial charge is 0.480 e. The number of thiol groups is 1. The van der Waals surface area contributed by atoms with Crippen LogP contribution in [0.4, 0.5) is 13.2 Å². The number of amides is 1. The van der Waals surface area contributed by atoms with Crippen molar-refractivity contribution >= 4 is 34.3 Å². The number of halogens is 3. The van der Waals surface area contributed by atoms with Crippen molar-refractivity contribution in [1.29, 1.82) is 0 Å². The molecule has 0 aliphatic rings. The lowest BCUT2D eigenvalue weighted by Gasteiger charge is -2.15. The average Bonchev–Trinajstić information content (AvgIpc) is 2.14. The second kappa shape index (κ2) is 6.89. The highest BCUT2D eigenvalue weighted by molar-refractivity contribution is 8.68. The van der Waals surface area contributed by atoms with Gasteiger partial charge in [0.15, 0.2) is 0 Å². The molecular weight excluding hydrogens is 267 g/mol. The fourth-order valence-corrected chi connectivity index (χ4v) is 1.53. The summed E-state index contributed by atoms with van der Waals surface area (Å²) in [7, 11) is 1.15. The molecule has 0 bridgehead atoms. The van der Waals surface area contributed by atoms with Crippen molar-refractivity contribution in [2.75, 3.05) is 5.75 Å². The monoisotopic (exact) mass is 277 g/mol. The zero-order valence-electron chi connectivity index (χ0n) is 7.95. The number of alkyl halides is 3. The zero-order chi connectivity index (χ0) is 12.8. The van der Waals surface area contributed by atoms with Crippen LogP contribution < -0.4 is 5.32 Å². The smallest absolute Gasteiger partial charge is 0.471 e. The van der Waals surface area contributed by atoms with Gasteiger partial charge in [-0.05, 0) is 12.8 Å². The van der Waals surface area contributed by atoms with Crippen LogP contribution in [-0.2, 0) is 9.59 Å². The number of rotatable bonds is 6. The van der Waals surface area contributed by atoms with Crippen molar-refractivity contribution in [2.45, 2.75) is 25.1 Å². The molecular formula is C7H10F3NO3S2. The summed E-state index contributed by atoms with van der Waals surface area (Å²) in [6, 6.07) is -1.52. The molecule has 0 aromatic heterocycles. The first-order chi connectivity index (χ1) is 7.29. The van der Waals surface area contributed by atoms with Crippen molar-refractivity contribution in [2.24, 2.45) is 0 Å². The van der Waals surface area contributed by atoms with Gasteiger partial charge in [-0.1, -0.05) is 10.8 Å². The molecule has 0 rings (SSSR count). The van der Waals surface area contributed by atoms with Crippen LogP contribution in [0.25, 0.3) is 0 Å². The van der Waals surface area contributed by atoms with Gasteiger partial charge in [0.2, 0.25) is 0 Å². The van der Waals surface area contributed by atoms with Crippen LogP contribution in [0.3, 0.4) is 0 Å². The number of carboxylic acids is 1. The van der Waals surface area contributed by atoms with Gasteiger partial charge in [-0.2, -0.15) is 13.2 Å². The lowest BCUT2D eigenvalue weighted by Crippen LogP contribution is -2.46. The van der Waals surface area contributed by atoms with Crippen molar-refractivity contribution in [1.82, 2.24) is 5.32 Å². The Balaban J connectivity index is 4.24. The normalized spacial score (nSPS) is 13.2. The molecule has 0 radical (unpaired) electrons. The second-order valence-corrected chi connectivity index (χ2v) is 4.28. The number of carboxylic acid groups (broad SMARTS) is 1. The average molecular weight is 277 g/mol. The minimum Gasteiger partial charge on any atom is -0.480 e. The lowest BCUT2D eigenvalue weighted by molar-refractivity contribution is -0.175. The SMILES string of the molecule is O=C(O)[C@H](CCCSS)NC(=O)C(F)(F)F. The van der Waals surface area contributed by atoms with Crippen LogP contribution in [0.1, 0.15) is 12.8 Å². The van der Waals surface area contributed by atoms with Crippen LogP contribution in [0, 0.1) is 0 Å². The Hall–Kier alpha value is -0.570. The fourth-order valence-electron chi connectivity index (χ4n) is 0.849. The maximum atomic E-state index is 11.8. The van der Waals surface area contributed by atoms with E-state index in [4.69, 9.17) is 5.11 Å². The highest BCUT2D eigenvalue weighted by atomic mass is 33.1. The Kier molecular flexibility index (Phi) is 6.65. The third-order valence-corrected chi connectivity index (χ3v) is 2.61. The highest BCUT2D eigenvalue weighted by Crippen LogP contribution is 2.15. The van der Waals surface area contributed by atoms with E-state index < -0.39 is 24.1 Å². The van der Waals surface area contributed by atoms with E-state index in [9.17, 15) is 22.8 Å². The maximum Gasteiger partial charge on any atom is 0.471 e. The van der Waals surface area contributed by atoms with Crippen molar-refractivity contribution in [3.63, 3.8) is 0 Å². The molecule has 4 nitrogen and oxygen atoms in total. The predicted octanol–water partition coefficient (Wildman–Crippen LogP) is 1.48. The molecule has 0 fully saturated rings. The van der Waals surface area contributed by atoms with Crippen molar-refractivity contribution < 1.29 is 27.9 Å². The molecule has 0 unspecified atom stereocenters. The van der Waals surface area contributed by atoms with Gasteiger partial charge in [0.05, 0.1) is 0 Å². The molecule has 0 spiro atoms. The molecule has 1 atom stereocenters. The first-order valence-electron chi connectivity index (χ1n) is 4.16. The van der Waals surface area contributed by atoms with E-state index in [1.807, 2.05) is 0 Å². The lowest BCUT2D eigenvalue weighted by atomic mass is 10.1. The topological polar surface area (TPSA) is 66.4 Å². The number of aliphatic carboxylic acids is 1. The highest BCUT2D eigenvalue weighted by Gasteiger charge is 2.40. The van der Waals surface area contributed by atoms with E-state index in [1.54, 1.807) is 0 Å². The molecule has 2 N–H and O–H groups in total. The van der Waals surface area contributed by atoms with E-state index >= 15 is 0 Å². The number of carbonyl (C=O) groups is 2. The van der Waals surface area contributed by atoms with Gasteiger partial charge in [-0.15, -0.1) is 11.7 Å². The van der Waals surface area contributed by atoms with Crippen LogP contribution in [0.5, 0.6) is 0 Å². The fraction of sp³-hybridized carbons (Fsp3) is 0.714. The molecule has 0 saturated carbocycles. The predicted molar refractivity (Wildman–Crippen MR) is 56.3 cm³/mol. The van der Waals surface area contributed by atoms with Gasteiger partial charge >= 0.3 is 18.1 Å². The van der Waals surface area contributed by atoms with Gasteiger partial charge < -0.3 is 10.4 Å². The minimum atomic E-state index is -5.06. The third kappa shape index (κ3) is 6.11. The number of nitrogens with one attached hydrogen (secondary N) is 1. The quantitative estimate of drug-likeness (QED) is 0.391. The maximum absolute atomic E-state index is 11.8. The molecule has 1 amide bonds. The van der Waals surface area contributed by atoms with E-state index in [-0.39, 0.29) is 6.42 Å². The van der Waals surface area contributed by atoms with Crippen LogP contribution in [0.15, 0.2) is 0 Å². The van der Waals surface area contributed by atoms with E-state index in [1.165, 1.54) is 5.32 Å². The summed E-state index contributed by atoms with van der Waals surface area (Å²) in [5.41, 5.74) is 0. The van der Waals surface area contributed by atoms with Gasteiger partial charge in [0, 0.05) is 5.75 Å².